The maximum absolute atomic E-state index is 11.9. The zero-order valence-electron chi connectivity index (χ0n) is 11.6. The molecule has 0 bridgehead atoms. The first-order valence-electron chi connectivity index (χ1n) is 6.61. The van der Waals surface area contributed by atoms with E-state index in [0.717, 1.165) is 16.9 Å². The number of hydrogen-bond donors (Lipinski definition) is 0. The van der Waals surface area contributed by atoms with E-state index in [1.54, 1.807) is 19.3 Å². The minimum Gasteiger partial charge on any atom is -0.497 e. The van der Waals surface area contributed by atoms with Crippen molar-refractivity contribution in [3.05, 3.63) is 77.4 Å². The van der Waals surface area contributed by atoms with E-state index in [-0.39, 0.29) is 5.97 Å². The molecule has 1 heterocycles. The monoisotopic (exact) mass is 278 g/mol. The molecule has 1 aliphatic rings. The van der Waals surface area contributed by atoms with Gasteiger partial charge in [0.05, 0.1) is 12.7 Å². The summed E-state index contributed by atoms with van der Waals surface area (Å²) in [4.78, 5) is 11.9. The van der Waals surface area contributed by atoms with Gasteiger partial charge in [-0.15, -0.1) is 0 Å². The minimum absolute atomic E-state index is 0.329. The highest BCUT2D eigenvalue weighted by Gasteiger charge is 2.21. The van der Waals surface area contributed by atoms with Gasteiger partial charge in [0.1, 0.15) is 11.5 Å². The van der Waals surface area contributed by atoms with Crippen LogP contribution in [0.15, 0.2) is 66.2 Å². The maximum Gasteiger partial charge on any atom is 0.343 e. The predicted octanol–water partition coefficient (Wildman–Crippen LogP) is 3.68. The number of esters is 1. The van der Waals surface area contributed by atoms with Crippen molar-refractivity contribution in [2.45, 2.75) is 0 Å². The summed E-state index contributed by atoms with van der Waals surface area (Å²) in [6, 6.07) is 17.1. The Morgan fingerprint density at radius 1 is 1.00 bits per heavy atom. The van der Waals surface area contributed by atoms with Crippen LogP contribution in [0.2, 0.25) is 0 Å². The summed E-state index contributed by atoms with van der Waals surface area (Å²) >= 11 is 0. The third-order valence-electron chi connectivity index (χ3n) is 3.22. The lowest BCUT2D eigenvalue weighted by Crippen LogP contribution is -1.97. The van der Waals surface area contributed by atoms with E-state index in [1.165, 1.54) is 0 Å². The van der Waals surface area contributed by atoms with Gasteiger partial charge in [0.15, 0.2) is 0 Å². The fourth-order valence-corrected chi connectivity index (χ4v) is 2.11. The SMILES string of the molecule is COc1ccc(C=C2C=C(c3ccccc3)OC2=O)cc1. The normalized spacial score (nSPS) is 15.8. The first-order chi connectivity index (χ1) is 10.3. The van der Waals surface area contributed by atoms with Crippen molar-refractivity contribution in [2.24, 2.45) is 0 Å². The Labute approximate surface area is 123 Å². The maximum atomic E-state index is 11.9. The van der Waals surface area contributed by atoms with Crippen molar-refractivity contribution in [1.82, 2.24) is 0 Å². The van der Waals surface area contributed by atoms with Gasteiger partial charge in [-0.1, -0.05) is 42.5 Å². The second-order valence-corrected chi connectivity index (χ2v) is 4.64. The van der Waals surface area contributed by atoms with Crippen LogP contribution in [0.1, 0.15) is 11.1 Å². The highest BCUT2D eigenvalue weighted by Crippen LogP contribution is 2.27. The molecule has 104 valence electrons. The van der Waals surface area contributed by atoms with Crippen molar-refractivity contribution >= 4 is 17.8 Å². The summed E-state index contributed by atoms with van der Waals surface area (Å²) in [5.74, 6) is 1.04. The van der Waals surface area contributed by atoms with Crippen molar-refractivity contribution in [1.29, 1.82) is 0 Å². The molecular weight excluding hydrogens is 264 g/mol. The molecule has 3 nitrogen and oxygen atoms in total. The first-order valence-corrected chi connectivity index (χ1v) is 6.61. The van der Waals surface area contributed by atoms with Gasteiger partial charge in [-0.25, -0.2) is 4.79 Å². The lowest BCUT2D eigenvalue weighted by atomic mass is 10.1. The van der Waals surface area contributed by atoms with E-state index in [1.807, 2.05) is 54.6 Å². The lowest BCUT2D eigenvalue weighted by Gasteiger charge is -2.00. The van der Waals surface area contributed by atoms with E-state index in [4.69, 9.17) is 9.47 Å². The molecule has 3 rings (SSSR count). The van der Waals surface area contributed by atoms with Gasteiger partial charge in [0, 0.05) is 5.56 Å². The Morgan fingerprint density at radius 2 is 1.71 bits per heavy atom. The summed E-state index contributed by atoms with van der Waals surface area (Å²) in [5, 5.41) is 0. The second kappa shape index (κ2) is 5.67. The molecule has 0 saturated heterocycles. The number of cyclic esters (lactones) is 1. The molecule has 0 N–H and O–H groups in total. The molecule has 0 fully saturated rings. The summed E-state index contributed by atoms with van der Waals surface area (Å²) in [6.07, 6.45) is 3.57. The van der Waals surface area contributed by atoms with Crippen LogP contribution in [0.25, 0.3) is 11.8 Å². The number of carbonyl (C=O) groups is 1. The summed E-state index contributed by atoms with van der Waals surface area (Å²) in [6.45, 7) is 0. The zero-order valence-corrected chi connectivity index (χ0v) is 11.6. The van der Waals surface area contributed by atoms with Gasteiger partial charge >= 0.3 is 5.97 Å². The highest BCUT2D eigenvalue weighted by atomic mass is 16.5. The molecule has 0 unspecified atom stereocenters. The molecule has 0 saturated carbocycles. The molecule has 0 radical (unpaired) electrons. The van der Waals surface area contributed by atoms with Crippen LogP contribution in [0.3, 0.4) is 0 Å². The molecule has 1 aliphatic heterocycles. The third-order valence-corrected chi connectivity index (χ3v) is 3.22. The van der Waals surface area contributed by atoms with Gasteiger partial charge in [-0.05, 0) is 29.8 Å². The Balaban J connectivity index is 1.89. The van der Waals surface area contributed by atoms with Crippen molar-refractivity contribution in [2.75, 3.05) is 7.11 Å². The average Bonchev–Trinajstić information content (AvgIpc) is 2.90. The van der Waals surface area contributed by atoms with E-state index < -0.39 is 0 Å². The average molecular weight is 278 g/mol. The van der Waals surface area contributed by atoms with Crippen LogP contribution < -0.4 is 4.74 Å². The van der Waals surface area contributed by atoms with Crippen molar-refractivity contribution < 1.29 is 14.3 Å². The molecule has 2 aromatic carbocycles. The quantitative estimate of drug-likeness (QED) is 0.634. The van der Waals surface area contributed by atoms with Crippen LogP contribution in [-0.2, 0) is 9.53 Å². The first kappa shape index (κ1) is 13.2. The molecular formula is C18H14O3. The molecule has 0 atom stereocenters. The van der Waals surface area contributed by atoms with Gasteiger partial charge in [-0.2, -0.15) is 0 Å². The standard InChI is InChI=1S/C18H14O3/c1-20-16-9-7-13(8-10-16)11-15-12-17(21-18(15)19)14-5-3-2-4-6-14/h2-12H,1H3. The Kier molecular flexibility index (Phi) is 3.56. The molecule has 3 heteroatoms. The summed E-state index contributed by atoms with van der Waals surface area (Å²) in [5.41, 5.74) is 2.36. The lowest BCUT2D eigenvalue weighted by molar-refractivity contribution is -0.130. The van der Waals surface area contributed by atoms with Crippen LogP contribution in [-0.4, -0.2) is 13.1 Å². The Hall–Kier alpha value is -2.81. The molecule has 2 aromatic rings. The third kappa shape index (κ3) is 2.87. The smallest absolute Gasteiger partial charge is 0.343 e. The van der Waals surface area contributed by atoms with Crippen LogP contribution in [0, 0.1) is 0 Å². The van der Waals surface area contributed by atoms with Gasteiger partial charge in [-0.3, -0.25) is 0 Å². The largest absolute Gasteiger partial charge is 0.497 e. The topological polar surface area (TPSA) is 35.5 Å². The van der Waals surface area contributed by atoms with Gasteiger partial charge < -0.3 is 9.47 Å². The molecule has 0 spiro atoms. The zero-order chi connectivity index (χ0) is 14.7. The molecule has 0 amide bonds. The number of rotatable bonds is 3. The van der Waals surface area contributed by atoms with E-state index >= 15 is 0 Å². The van der Waals surface area contributed by atoms with Crippen LogP contribution >= 0.6 is 0 Å². The second-order valence-electron chi connectivity index (χ2n) is 4.64. The van der Waals surface area contributed by atoms with E-state index in [9.17, 15) is 4.79 Å². The number of ether oxygens (including phenoxy) is 2. The number of benzene rings is 2. The van der Waals surface area contributed by atoms with Crippen molar-refractivity contribution in [3.8, 4) is 5.75 Å². The fraction of sp³-hybridized carbons (Fsp3) is 0.0556. The van der Waals surface area contributed by atoms with Gasteiger partial charge in [0.25, 0.3) is 0 Å². The molecule has 21 heavy (non-hydrogen) atoms. The van der Waals surface area contributed by atoms with E-state index in [0.29, 0.717) is 11.3 Å². The molecule has 0 aliphatic carbocycles. The summed E-state index contributed by atoms with van der Waals surface area (Å²) < 4.78 is 10.4. The Morgan fingerprint density at radius 3 is 2.38 bits per heavy atom. The Bertz CT molecular complexity index is 710. The minimum atomic E-state index is -0.329. The van der Waals surface area contributed by atoms with E-state index in [2.05, 4.69) is 0 Å². The molecule has 0 aromatic heterocycles. The summed E-state index contributed by atoms with van der Waals surface area (Å²) in [7, 11) is 1.62. The van der Waals surface area contributed by atoms with Crippen molar-refractivity contribution in [3.63, 3.8) is 0 Å². The van der Waals surface area contributed by atoms with Crippen LogP contribution in [0.4, 0.5) is 0 Å². The number of carbonyl (C=O) groups excluding carboxylic acids is 1. The fourth-order valence-electron chi connectivity index (χ4n) is 2.11. The number of hydrogen-bond acceptors (Lipinski definition) is 3. The number of methoxy groups -OCH3 is 1. The van der Waals surface area contributed by atoms with Crippen LogP contribution in [0.5, 0.6) is 5.75 Å². The predicted molar refractivity (Wildman–Crippen MR) is 81.5 cm³/mol. The van der Waals surface area contributed by atoms with Gasteiger partial charge in [0.2, 0.25) is 0 Å². The highest BCUT2D eigenvalue weighted by molar-refractivity contribution is 6.05.